The molecule has 0 aliphatic heterocycles. The number of carbonyl (C=O) groups excluding carboxylic acids is 1. The maximum atomic E-state index is 10.5. The Morgan fingerprint density at radius 3 is 2.40 bits per heavy atom. The average Bonchev–Trinajstić information content (AvgIpc) is 2.10. The highest BCUT2D eigenvalue weighted by Gasteiger charge is 2.23. The summed E-state index contributed by atoms with van der Waals surface area (Å²) in [5.41, 5.74) is 0. The number of hydrogen-bond donors (Lipinski definition) is 3. The fraction of sp³-hybridized carbons (Fsp3) is 0.667. The van der Waals surface area contributed by atoms with Crippen molar-refractivity contribution in [3.05, 3.63) is 0 Å². The summed E-state index contributed by atoms with van der Waals surface area (Å²) < 4.78 is 28.0. The van der Waals surface area contributed by atoms with Gasteiger partial charge in [-0.2, -0.15) is 13.7 Å². The van der Waals surface area contributed by atoms with Crippen molar-refractivity contribution in [1.82, 2.24) is 0 Å². The van der Waals surface area contributed by atoms with E-state index in [0.717, 1.165) is 0 Å². The molecule has 15 heavy (non-hydrogen) atoms. The van der Waals surface area contributed by atoms with E-state index >= 15 is 0 Å². The van der Waals surface area contributed by atoms with Gasteiger partial charge < -0.3 is 14.9 Å². The van der Waals surface area contributed by atoms with E-state index in [4.69, 9.17) is 15.3 Å². The molecule has 0 aliphatic carbocycles. The Balaban J connectivity index is 3.72. The van der Waals surface area contributed by atoms with Crippen molar-refractivity contribution in [3.63, 3.8) is 0 Å². The SMILES string of the molecule is O=C(CCOOS(=O)(=O)OB(O)O)OO. The summed E-state index contributed by atoms with van der Waals surface area (Å²) in [6, 6.07) is 0. The van der Waals surface area contributed by atoms with Gasteiger partial charge in [0.05, 0.1) is 13.0 Å². The zero-order chi connectivity index (χ0) is 11.9. The Morgan fingerprint density at radius 1 is 1.33 bits per heavy atom. The smallest absolute Gasteiger partial charge is 0.401 e. The van der Waals surface area contributed by atoms with Gasteiger partial charge in [0.1, 0.15) is 0 Å². The van der Waals surface area contributed by atoms with Crippen molar-refractivity contribution in [2.45, 2.75) is 6.42 Å². The molecule has 12 heteroatoms. The van der Waals surface area contributed by atoms with E-state index < -0.39 is 36.7 Å². The van der Waals surface area contributed by atoms with Crippen LogP contribution in [0.5, 0.6) is 0 Å². The van der Waals surface area contributed by atoms with Gasteiger partial charge in [-0.25, -0.2) is 13.8 Å². The predicted molar refractivity (Wildman–Crippen MR) is 40.6 cm³/mol. The van der Waals surface area contributed by atoms with E-state index in [1.807, 2.05) is 0 Å². The molecule has 0 aromatic heterocycles. The second-order valence-electron chi connectivity index (χ2n) is 1.93. The summed E-state index contributed by atoms with van der Waals surface area (Å²) in [7, 11) is -7.30. The van der Waals surface area contributed by atoms with E-state index in [2.05, 4.69) is 18.2 Å². The molecule has 0 heterocycles. The highest BCUT2D eigenvalue weighted by atomic mass is 32.3. The maximum Gasteiger partial charge on any atom is 0.650 e. The second kappa shape index (κ2) is 6.68. The molecule has 0 aliphatic rings. The minimum absolute atomic E-state index is 0.478. The second-order valence-corrected chi connectivity index (χ2v) is 3.08. The van der Waals surface area contributed by atoms with Crippen LogP contribution in [0.4, 0.5) is 0 Å². The minimum Gasteiger partial charge on any atom is -0.401 e. The molecule has 10 nitrogen and oxygen atoms in total. The van der Waals surface area contributed by atoms with Crippen LogP contribution in [0.1, 0.15) is 6.42 Å². The van der Waals surface area contributed by atoms with Gasteiger partial charge in [0, 0.05) is 0 Å². The lowest BCUT2D eigenvalue weighted by molar-refractivity contribution is -0.243. The zero-order valence-corrected chi connectivity index (χ0v) is 7.92. The summed E-state index contributed by atoms with van der Waals surface area (Å²) in [6.07, 6.45) is -0.478. The lowest BCUT2D eigenvalue weighted by Crippen LogP contribution is -2.24. The molecule has 0 saturated heterocycles. The molecule has 0 radical (unpaired) electrons. The Hall–Kier alpha value is -0.755. The Kier molecular flexibility index (Phi) is 6.34. The van der Waals surface area contributed by atoms with Crippen LogP contribution in [0.3, 0.4) is 0 Å². The highest BCUT2D eigenvalue weighted by molar-refractivity contribution is 7.82. The number of carbonyl (C=O) groups is 1. The van der Waals surface area contributed by atoms with Crippen molar-refractivity contribution in [2.75, 3.05) is 6.61 Å². The number of rotatable bonds is 7. The van der Waals surface area contributed by atoms with E-state index in [9.17, 15) is 13.2 Å². The third-order valence-corrected chi connectivity index (χ3v) is 1.50. The van der Waals surface area contributed by atoms with Crippen molar-refractivity contribution in [1.29, 1.82) is 0 Å². The van der Waals surface area contributed by atoms with E-state index in [-0.39, 0.29) is 0 Å². The first kappa shape index (κ1) is 14.2. The number of hydrogen-bond acceptors (Lipinski definition) is 10. The summed E-state index contributed by atoms with van der Waals surface area (Å²) in [4.78, 5) is 17.4. The molecule has 0 aromatic carbocycles. The molecule has 0 aromatic rings. The van der Waals surface area contributed by atoms with Crippen molar-refractivity contribution in [2.24, 2.45) is 0 Å². The fourth-order valence-electron chi connectivity index (χ4n) is 0.385. The van der Waals surface area contributed by atoms with Gasteiger partial charge in [-0.1, -0.05) is 4.33 Å². The molecule has 0 fully saturated rings. The van der Waals surface area contributed by atoms with Crippen molar-refractivity contribution in [3.8, 4) is 0 Å². The minimum atomic E-state index is -4.72. The standard InChI is InChI=1S/C3H7BO10S/c5-3(12-8)1-2-11-14-15(9,10)13-4(6)7/h6-8H,1-2H2. The molecule has 0 amide bonds. The van der Waals surface area contributed by atoms with Crippen molar-refractivity contribution < 1.29 is 46.7 Å². The molecule has 0 bridgehead atoms. The van der Waals surface area contributed by atoms with Gasteiger partial charge in [-0.05, 0) is 0 Å². The fourth-order valence-corrected chi connectivity index (χ4v) is 0.814. The van der Waals surface area contributed by atoms with Crippen LogP contribution in [0.15, 0.2) is 0 Å². The van der Waals surface area contributed by atoms with E-state index in [0.29, 0.717) is 0 Å². The lowest BCUT2D eigenvalue weighted by Gasteiger charge is -2.03. The van der Waals surface area contributed by atoms with Crippen LogP contribution in [-0.2, 0) is 33.4 Å². The van der Waals surface area contributed by atoms with Crippen LogP contribution in [0.2, 0.25) is 0 Å². The van der Waals surface area contributed by atoms with Crippen LogP contribution < -0.4 is 0 Å². The summed E-state index contributed by atoms with van der Waals surface area (Å²) in [6.45, 7) is -0.552. The van der Waals surface area contributed by atoms with Crippen molar-refractivity contribution >= 4 is 23.7 Å². The average molecular weight is 246 g/mol. The lowest BCUT2D eigenvalue weighted by atomic mass is 10.3. The van der Waals surface area contributed by atoms with Gasteiger partial charge in [-0.15, -0.1) is 0 Å². The Labute approximate surface area is 84.3 Å². The molecule has 0 spiro atoms. The van der Waals surface area contributed by atoms with Gasteiger partial charge in [0.25, 0.3) is 0 Å². The first-order valence-corrected chi connectivity index (χ1v) is 4.65. The molecule has 0 unspecified atom stereocenters. The highest BCUT2D eigenvalue weighted by Crippen LogP contribution is 1.98. The zero-order valence-electron chi connectivity index (χ0n) is 7.10. The van der Waals surface area contributed by atoms with Gasteiger partial charge in [0.15, 0.2) is 0 Å². The Bertz CT molecular complexity index is 283. The molecule has 0 rings (SSSR count). The van der Waals surface area contributed by atoms with Gasteiger partial charge >= 0.3 is 23.7 Å². The quantitative estimate of drug-likeness (QED) is 0.191. The molecular weight excluding hydrogens is 239 g/mol. The largest absolute Gasteiger partial charge is 0.650 e. The summed E-state index contributed by atoms with van der Waals surface area (Å²) >= 11 is 0. The van der Waals surface area contributed by atoms with Crippen LogP contribution in [-0.4, -0.2) is 43.6 Å². The molecule has 88 valence electrons. The van der Waals surface area contributed by atoms with Crippen LogP contribution in [0.25, 0.3) is 0 Å². The van der Waals surface area contributed by atoms with Gasteiger partial charge in [0.2, 0.25) is 0 Å². The van der Waals surface area contributed by atoms with Crippen LogP contribution >= 0.6 is 0 Å². The van der Waals surface area contributed by atoms with E-state index in [1.165, 1.54) is 0 Å². The molecule has 0 atom stereocenters. The maximum absolute atomic E-state index is 10.5. The third kappa shape index (κ3) is 8.25. The third-order valence-electron chi connectivity index (χ3n) is 0.827. The van der Waals surface area contributed by atoms with E-state index in [1.54, 1.807) is 0 Å². The monoisotopic (exact) mass is 246 g/mol. The first-order valence-electron chi connectivity index (χ1n) is 3.32. The van der Waals surface area contributed by atoms with Crippen LogP contribution in [0, 0.1) is 0 Å². The molecule has 3 N–H and O–H groups in total. The van der Waals surface area contributed by atoms with Gasteiger partial charge in [-0.3, -0.25) is 0 Å². The topological polar surface area (TPSA) is 149 Å². The summed E-state index contributed by atoms with van der Waals surface area (Å²) in [5, 5.41) is 23.9. The summed E-state index contributed by atoms with van der Waals surface area (Å²) in [5.74, 6) is -1.07. The predicted octanol–water partition coefficient (Wildman–Crippen LogP) is -2.43. The molecule has 0 saturated carbocycles. The molecular formula is C3H7BO10S. The first-order chi connectivity index (χ1) is 6.87. The Morgan fingerprint density at radius 2 is 1.93 bits per heavy atom. The normalized spacial score (nSPS) is 11.1.